The van der Waals surface area contributed by atoms with Crippen LogP contribution in [0.2, 0.25) is 0 Å². The van der Waals surface area contributed by atoms with Crippen molar-refractivity contribution in [3.8, 4) is 0 Å². The highest BCUT2D eigenvalue weighted by Gasteiger charge is 2.28. The first-order valence-corrected chi connectivity index (χ1v) is 9.26. The number of amides is 1. The summed E-state index contributed by atoms with van der Waals surface area (Å²) in [5.74, 6) is -0.261. The quantitative estimate of drug-likeness (QED) is 0.857. The highest BCUT2D eigenvalue weighted by atomic mass is 32.2. The van der Waals surface area contributed by atoms with Gasteiger partial charge in [-0.3, -0.25) is 4.79 Å². The third-order valence-electron chi connectivity index (χ3n) is 4.07. The van der Waals surface area contributed by atoms with Crippen LogP contribution in [0.1, 0.15) is 31.2 Å². The fraction of sp³-hybridized carbons (Fsp3) is 0.562. The molecule has 0 atom stereocenters. The van der Waals surface area contributed by atoms with E-state index in [0.29, 0.717) is 5.69 Å². The average molecular weight is 339 g/mol. The van der Waals surface area contributed by atoms with Gasteiger partial charge < -0.3 is 5.32 Å². The van der Waals surface area contributed by atoms with Crippen LogP contribution in [0.4, 0.5) is 5.69 Å². The summed E-state index contributed by atoms with van der Waals surface area (Å²) in [6, 6.07) is 7.29. The van der Waals surface area contributed by atoms with Gasteiger partial charge in [-0.1, -0.05) is 30.5 Å². The highest BCUT2D eigenvalue weighted by molar-refractivity contribution is 7.90. The third-order valence-corrected chi connectivity index (χ3v) is 5.89. The summed E-state index contributed by atoms with van der Waals surface area (Å²) in [6.45, 7) is 1.72. The van der Waals surface area contributed by atoms with Crippen LogP contribution in [0.15, 0.2) is 24.3 Å². The number of rotatable bonds is 6. The number of carbonyl (C=O) groups excluding carboxylic acids is 1. The molecule has 1 saturated carbocycles. The SMILES string of the molecule is Cc1ccc(N(CC(=O)NC2CCCC2)S(=O)(=O)N(C)C)cc1. The predicted octanol–water partition coefficient (Wildman–Crippen LogP) is 1.67. The topological polar surface area (TPSA) is 69.7 Å². The summed E-state index contributed by atoms with van der Waals surface area (Å²) >= 11 is 0. The molecule has 7 heteroatoms. The van der Waals surface area contributed by atoms with Crippen molar-refractivity contribution in [2.75, 3.05) is 24.9 Å². The fourth-order valence-corrected chi connectivity index (χ4v) is 3.75. The van der Waals surface area contributed by atoms with Gasteiger partial charge in [0.2, 0.25) is 5.91 Å². The molecule has 1 N–H and O–H groups in total. The van der Waals surface area contributed by atoms with Crippen LogP contribution < -0.4 is 9.62 Å². The summed E-state index contributed by atoms with van der Waals surface area (Å²) in [5.41, 5.74) is 1.53. The van der Waals surface area contributed by atoms with Crippen LogP contribution in [0, 0.1) is 6.92 Å². The van der Waals surface area contributed by atoms with E-state index in [0.717, 1.165) is 39.9 Å². The van der Waals surface area contributed by atoms with Gasteiger partial charge >= 0.3 is 10.2 Å². The molecule has 0 spiro atoms. The summed E-state index contributed by atoms with van der Waals surface area (Å²) in [4.78, 5) is 12.3. The van der Waals surface area contributed by atoms with Crippen LogP contribution in [0.5, 0.6) is 0 Å². The molecule has 128 valence electrons. The van der Waals surface area contributed by atoms with Crippen LogP contribution in [-0.2, 0) is 15.0 Å². The molecular weight excluding hydrogens is 314 g/mol. The number of anilines is 1. The fourth-order valence-electron chi connectivity index (χ4n) is 2.69. The second-order valence-corrected chi connectivity index (χ2v) is 8.25. The molecule has 0 aromatic heterocycles. The zero-order valence-electron chi connectivity index (χ0n) is 13.9. The van der Waals surface area contributed by atoms with E-state index in [4.69, 9.17) is 0 Å². The van der Waals surface area contributed by atoms with Crippen molar-refractivity contribution in [1.29, 1.82) is 0 Å². The number of nitrogens with zero attached hydrogens (tertiary/aromatic N) is 2. The van der Waals surface area contributed by atoms with Gasteiger partial charge in [0.1, 0.15) is 6.54 Å². The molecule has 1 aliphatic rings. The number of hydrogen-bond donors (Lipinski definition) is 1. The lowest BCUT2D eigenvalue weighted by Crippen LogP contribution is -2.47. The second-order valence-electron chi connectivity index (χ2n) is 6.18. The van der Waals surface area contributed by atoms with Crippen molar-refractivity contribution in [2.45, 2.75) is 38.6 Å². The second kappa shape index (κ2) is 7.31. The van der Waals surface area contributed by atoms with Gasteiger partial charge in [0, 0.05) is 20.1 Å². The maximum atomic E-state index is 12.6. The maximum Gasteiger partial charge on any atom is 0.304 e. The smallest absolute Gasteiger partial charge is 0.304 e. The third kappa shape index (κ3) is 4.45. The van der Waals surface area contributed by atoms with Gasteiger partial charge in [0.25, 0.3) is 0 Å². The van der Waals surface area contributed by atoms with Crippen LogP contribution >= 0.6 is 0 Å². The van der Waals surface area contributed by atoms with Gasteiger partial charge in [-0.2, -0.15) is 12.7 Å². The Balaban J connectivity index is 2.19. The normalized spacial score (nSPS) is 15.8. The van der Waals surface area contributed by atoms with Gasteiger partial charge in [0.05, 0.1) is 5.69 Å². The Hall–Kier alpha value is -1.60. The molecule has 0 bridgehead atoms. The molecule has 0 heterocycles. The molecule has 1 aromatic carbocycles. The molecule has 6 nitrogen and oxygen atoms in total. The number of benzene rings is 1. The molecule has 0 saturated heterocycles. The first-order valence-electron chi connectivity index (χ1n) is 7.87. The van der Waals surface area contributed by atoms with Crippen LogP contribution in [-0.4, -0.2) is 45.3 Å². The summed E-state index contributed by atoms with van der Waals surface area (Å²) in [7, 11) is -0.800. The largest absolute Gasteiger partial charge is 0.352 e. The number of carbonyl (C=O) groups is 1. The highest BCUT2D eigenvalue weighted by Crippen LogP contribution is 2.21. The van der Waals surface area contributed by atoms with Crippen LogP contribution in [0.25, 0.3) is 0 Å². The van der Waals surface area contributed by atoms with E-state index in [1.165, 1.54) is 14.1 Å². The molecule has 1 fully saturated rings. The Morgan fingerprint density at radius 1 is 1.17 bits per heavy atom. The Morgan fingerprint density at radius 2 is 1.74 bits per heavy atom. The van der Waals surface area contributed by atoms with E-state index in [-0.39, 0.29) is 18.5 Å². The van der Waals surface area contributed by atoms with E-state index >= 15 is 0 Å². The maximum absolute atomic E-state index is 12.6. The Morgan fingerprint density at radius 3 is 2.26 bits per heavy atom. The summed E-state index contributed by atoms with van der Waals surface area (Å²) < 4.78 is 27.4. The van der Waals surface area contributed by atoms with Crippen LogP contribution in [0.3, 0.4) is 0 Å². The molecule has 1 aliphatic carbocycles. The number of hydrogen-bond acceptors (Lipinski definition) is 3. The lowest BCUT2D eigenvalue weighted by atomic mass is 10.2. The van der Waals surface area contributed by atoms with E-state index in [2.05, 4.69) is 5.32 Å². The van der Waals surface area contributed by atoms with Gasteiger partial charge in [-0.25, -0.2) is 4.31 Å². The molecule has 1 amide bonds. The number of nitrogens with one attached hydrogen (secondary N) is 1. The first kappa shape index (κ1) is 17.7. The monoisotopic (exact) mass is 339 g/mol. The lowest BCUT2D eigenvalue weighted by Gasteiger charge is -2.27. The molecule has 0 unspecified atom stereocenters. The first-order chi connectivity index (χ1) is 10.8. The van der Waals surface area contributed by atoms with Crippen molar-refractivity contribution in [3.05, 3.63) is 29.8 Å². The molecule has 0 aliphatic heterocycles. The minimum Gasteiger partial charge on any atom is -0.352 e. The van der Waals surface area contributed by atoms with Gasteiger partial charge in [0.15, 0.2) is 0 Å². The standard InChI is InChI=1S/C16H25N3O3S/c1-13-8-10-15(11-9-13)19(23(21,22)18(2)3)12-16(20)17-14-6-4-5-7-14/h8-11,14H,4-7,12H2,1-3H3,(H,17,20). The summed E-state index contributed by atoms with van der Waals surface area (Å²) in [5, 5.41) is 2.94. The van der Waals surface area contributed by atoms with Gasteiger partial charge in [-0.05, 0) is 31.9 Å². The predicted molar refractivity (Wildman–Crippen MR) is 91.5 cm³/mol. The van der Waals surface area contributed by atoms with Crippen molar-refractivity contribution in [1.82, 2.24) is 9.62 Å². The average Bonchev–Trinajstić information content (AvgIpc) is 2.98. The molecule has 23 heavy (non-hydrogen) atoms. The molecule has 2 rings (SSSR count). The van der Waals surface area contributed by atoms with Crippen molar-refractivity contribution in [2.24, 2.45) is 0 Å². The molecule has 0 radical (unpaired) electrons. The minimum absolute atomic E-state index is 0.171. The van der Waals surface area contributed by atoms with Crippen molar-refractivity contribution in [3.63, 3.8) is 0 Å². The zero-order valence-corrected chi connectivity index (χ0v) is 14.8. The zero-order chi connectivity index (χ0) is 17.0. The van der Waals surface area contributed by atoms with Crippen molar-refractivity contribution < 1.29 is 13.2 Å². The Kier molecular flexibility index (Phi) is 5.64. The Labute approximate surface area is 138 Å². The lowest BCUT2D eigenvalue weighted by molar-refractivity contribution is -0.120. The Bertz CT molecular complexity index is 635. The van der Waals surface area contributed by atoms with E-state index in [1.807, 2.05) is 19.1 Å². The van der Waals surface area contributed by atoms with E-state index in [1.54, 1.807) is 12.1 Å². The molecule has 1 aromatic rings. The number of aryl methyl sites for hydroxylation is 1. The van der Waals surface area contributed by atoms with Crippen molar-refractivity contribution >= 4 is 21.8 Å². The van der Waals surface area contributed by atoms with E-state index in [9.17, 15) is 13.2 Å². The molecular formula is C16H25N3O3S. The van der Waals surface area contributed by atoms with E-state index < -0.39 is 10.2 Å². The van der Waals surface area contributed by atoms with Gasteiger partial charge in [-0.15, -0.1) is 0 Å². The summed E-state index contributed by atoms with van der Waals surface area (Å²) in [6.07, 6.45) is 4.17. The minimum atomic E-state index is -3.73.